The molecule has 0 spiro atoms. The van der Waals surface area contributed by atoms with Crippen molar-refractivity contribution in [1.29, 1.82) is 0 Å². The highest BCUT2D eigenvalue weighted by Gasteiger charge is 1.86. The van der Waals surface area contributed by atoms with Gasteiger partial charge < -0.3 is 0 Å². The lowest BCUT2D eigenvalue weighted by Gasteiger charge is -1.87. The van der Waals surface area contributed by atoms with Crippen LogP contribution in [0.5, 0.6) is 0 Å². The molecule has 0 saturated carbocycles. The van der Waals surface area contributed by atoms with E-state index in [1.807, 2.05) is 6.92 Å². The van der Waals surface area contributed by atoms with E-state index in [1.165, 1.54) is 12.1 Å². The van der Waals surface area contributed by atoms with Crippen molar-refractivity contribution in [3.63, 3.8) is 0 Å². The van der Waals surface area contributed by atoms with Crippen molar-refractivity contribution < 1.29 is 4.39 Å². The van der Waals surface area contributed by atoms with Crippen molar-refractivity contribution in [3.05, 3.63) is 35.6 Å². The molecule has 0 aliphatic carbocycles. The van der Waals surface area contributed by atoms with Gasteiger partial charge in [-0.2, -0.15) is 0 Å². The van der Waals surface area contributed by atoms with Crippen molar-refractivity contribution in [1.82, 2.24) is 0 Å². The van der Waals surface area contributed by atoms with E-state index in [0.29, 0.717) is 0 Å². The van der Waals surface area contributed by atoms with Crippen LogP contribution in [0.4, 0.5) is 4.39 Å². The molecule has 11 heavy (non-hydrogen) atoms. The second-order valence-corrected chi connectivity index (χ2v) is 2.16. The Morgan fingerprint density at radius 1 is 1.27 bits per heavy atom. The van der Waals surface area contributed by atoms with Gasteiger partial charge in [0.15, 0.2) is 0 Å². The average Bonchev–Trinajstić information content (AvgIpc) is 2.04. The second kappa shape index (κ2) is 3.78. The molecule has 56 valence electrons. The second-order valence-electron chi connectivity index (χ2n) is 2.16. The fourth-order valence-corrected chi connectivity index (χ4v) is 0.724. The fraction of sp³-hybridized carbons (Fsp3) is 0.200. The zero-order valence-corrected chi connectivity index (χ0v) is 6.39. The molecule has 0 aliphatic heterocycles. The summed E-state index contributed by atoms with van der Waals surface area (Å²) in [6, 6.07) is 6.19. The van der Waals surface area contributed by atoms with Crippen LogP contribution in [0.2, 0.25) is 0 Å². The summed E-state index contributed by atoms with van der Waals surface area (Å²) in [6.45, 7) is 1.98. The Balaban J connectivity index is 2.82. The van der Waals surface area contributed by atoms with Crippen LogP contribution in [0.1, 0.15) is 18.9 Å². The highest BCUT2D eigenvalue weighted by atomic mass is 19.1. The van der Waals surface area contributed by atoms with E-state index in [1.54, 1.807) is 12.1 Å². The van der Waals surface area contributed by atoms with Gasteiger partial charge >= 0.3 is 0 Å². The molecule has 1 aromatic carbocycles. The number of hydrogen-bond donors (Lipinski definition) is 0. The Kier molecular flexibility index (Phi) is 2.68. The minimum absolute atomic E-state index is 0.216. The molecular weight excluding hydrogens is 139 g/mol. The number of hydrogen-bond acceptors (Lipinski definition) is 0. The lowest BCUT2D eigenvalue weighted by Crippen LogP contribution is -1.74. The van der Waals surface area contributed by atoms with Crippen molar-refractivity contribution in [2.75, 3.05) is 0 Å². The minimum atomic E-state index is -0.216. The lowest BCUT2D eigenvalue weighted by molar-refractivity contribution is 0.627. The van der Waals surface area contributed by atoms with E-state index in [-0.39, 0.29) is 5.82 Å². The molecular formula is C10H9F. The molecule has 0 atom stereocenters. The van der Waals surface area contributed by atoms with Crippen LogP contribution in [0, 0.1) is 17.7 Å². The molecule has 0 fully saturated rings. The summed E-state index contributed by atoms with van der Waals surface area (Å²) < 4.78 is 12.4. The van der Waals surface area contributed by atoms with Crippen LogP contribution in [0.15, 0.2) is 24.3 Å². The Morgan fingerprint density at radius 2 is 1.91 bits per heavy atom. The third-order valence-electron chi connectivity index (χ3n) is 1.25. The molecule has 0 aliphatic rings. The van der Waals surface area contributed by atoms with E-state index < -0.39 is 0 Å². The van der Waals surface area contributed by atoms with Crippen molar-refractivity contribution in [2.24, 2.45) is 0 Å². The van der Waals surface area contributed by atoms with Gasteiger partial charge in [0.1, 0.15) is 5.82 Å². The highest BCUT2D eigenvalue weighted by molar-refractivity contribution is 5.33. The van der Waals surface area contributed by atoms with Gasteiger partial charge in [0.05, 0.1) is 0 Å². The van der Waals surface area contributed by atoms with Crippen LogP contribution >= 0.6 is 0 Å². The first kappa shape index (κ1) is 7.81. The first-order valence-corrected chi connectivity index (χ1v) is 3.57. The van der Waals surface area contributed by atoms with E-state index in [4.69, 9.17) is 0 Å². The summed E-state index contributed by atoms with van der Waals surface area (Å²) in [4.78, 5) is 0. The molecule has 0 nitrogen and oxygen atoms in total. The quantitative estimate of drug-likeness (QED) is 0.496. The normalized spacial score (nSPS) is 8.55. The average molecular weight is 148 g/mol. The van der Waals surface area contributed by atoms with E-state index in [9.17, 15) is 4.39 Å². The first-order valence-electron chi connectivity index (χ1n) is 3.57. The van der Waals surface area contributed by atoms with Gasteiger partial charge in [-0.05, 0) is 24.3 Å². The summed E-state index contributed by atoms with van der Waals surface area (Å²) in [5.74, 6) is 5.60. The summed E-state index contributed by atoms with van der Waals surface area (Å²) >= 11 is 0. The highest BCUT2D eigenvalue weighted by Crippen LogP contribution is 2.00. The monoisotopic (exact) mass is 148 g/mol. The van der Waals surface area contributed by atoms with Gasteiger partial charge in [0.2, 0.25) is 0 Å². The molecule has 0 amide bonds. The maximum atomic E-state index is 12.4. The zero-order chi connectivity index (χ0) is 8.10. The lowest BCUT2D eigenvalue weighted by atomic mass is 10.2. The van der Waals surface area contributed by atoms with Gasteiger partial charge in [0.25, 0.3) is 0 Å². The molecule has 0 unspecified atom stereocenters. The van der Waals surface area contributed by atoms with Crippen molar-refractivity contribution >= 4 is 0 Å². The molecule has 0 bridgehead atoms. The fourth-order valence-electron chi connectivity index (χ4n) is 0.724. The number of benzene rings is 1. The minimum Gasteiger partial charge on any atom is -0.207 e. The van der Waals surface area contributed by atoms with Crippen LogP contribution in [0.25, 0.3) is 0 Å². The summed E-state index contributed by atoms with van der Waals surface area (Å²) in [7, 11) is 0. The predicted molar refractivity (Wildman–Crippen MR) is 43.6 cm³/mol. The van der Waals surface area contributed by atoms with Gasteiger partial charge in [-0.15, -0.1) is 0 Å². The Hall–Kier alpha value is -1.29. The molecule has 0 aromatic heterocycles. The predicted octanol–water partition coefficient (Wildman–Crippen LogP) is 2.59. The van der Waals surface area contributed by atoms with Gasteiger partial charge in [-0.3, -0.25) is 0 Å². The van der Waals surface area contributed by atoms with Crippen LogP contribution in [-0.2, 0) is 0 Å². The van der Waals surface area contributed by atoms with E-state index in [0.717, 1.165) is 12.0 Å². The SMILES string of the molecule is CCC#Cc1ccc(F)cc1. The van der Waals surface area contributed by atoms with Gasteiger partial charge in [0, 0.05) is 12.0 Å². The molecule has 0 N–H and O–H groups in total. The third-order valence-corrected chi connectivity index (χ3v) is 1.25. The van der Waals surface area contributed by atoms with Gasteiger partial charge in [-0.1, -0.05) is 18.8 Å². The first-order chi connectivity index (χ1) is 5.33. The van der Waals surface area contributed by atoms with Crippen molar-refractivity contribution in [3.8, 4) is 11.8 Å². The van der Waals surface area contributed by atoms with Crippen LogP contribution in [0.3, 0.4) is 0 Å². The molecule has 1 aromatic rings. The largest absolute Gasteiger partial charge is 0.207 e. The summed E-state index contributed by atoms with van der Waals surface area (Å²) in [5, 5.41) is 0. The van der Waals surface area contributed by atoms with E-state index >= 15 is 0 Å². The maximum Gasteiger partial charge on any atom is 0.123 e. The Labute approximate surface area is 66.1 Å². The molecule has 0 radical (unpaired) electrons. The topological polar surface area (TPSA) is 0 Å². The molecule has 0 heterocycles. The smallest absolute Gasteiger partial charge is 0.123 e. The van der Waals surface area contributed by atoms with Crippen LogP contribution in [-0.4, -0.2) is 0 Å². The van der Waals surface area contributed by atoms with Crippen molar-refractivity contribution in [2.45, 2.75) is 13.3 Å². The van der Waals surface area contributed by atoms with Gasteiger partial charge in [-0.25, -0.2) is 4.39 Å². The van der Waals surface area contributed by atoms with Crippen LogP contribution < -0.4 is 0 Å². The van der Waals surface area contributed by atoms with E-state index in [2.05, 4.69) is 11.8 Å². The maximum absolute atomic E-state index is 12.4. The zero-order valence-electron chi connectivity index (χ0n) is 6.39. The standard InChI is InChI=1S/C10H9F/c1-2-3-4-9-5-7-10(11)8-6-9/h5-8H,2H2,1H3. The molecule has 0 saturated heterocycles. The third kappa shape index (κ3) is 2.43. The summed E-state index contributed by atoms with van der Waals surface area (Å²) in [5.41, 5.74) is 0.869. The number of rotatable bonds is 0. The number of halogens is 1. The molecule has 1 heteroatoms. The Morgan fingerprint density at radius 3 is 2.45 bits per heavy atom. The summed E-state index contributed by atoms with van der Waals surface area (Å²) in [6.07, 6.45) is 0.831. The molecule has 1 rings (SSSR count). The Bertz CT molecular complexity index is 274.